The SMILES string of the molecule is C[NH+](C)CCOc1ccc2ccccc2c1/C=C/C(=O)[O-]. The number of carboxylic acids is 1. The lowest BCUT2D eigenvalue weighted by Gasteiger charge is -2.13. The predicted octanol–water partition coefficient (Wildman–Crippen LogP) is 0.126. The van der Waals surface area contributed by atoms with Crippen LogP contribution >= 0.6 is 0 Å². The molecule has 21 heavy (non-hydrogen) atoms. The zero-order chi connectivity index (χ0) is 15.2. The van der Waals surface area contributed by atoms with Gasteiger partial charge < -0.3 is 19.5 Å². The van der Waals surface area contributed by atoms with Crippen LogP contribution in [0, 0.1) is 0 Å². The molecule has 0 saturated carbocycles. The van der Waals surface area contributed by atoms with E-state index in [2.05, 4.69) is 14.1 Å². The van der Waals surface area contributed by atoms with Crippen LogP contribution in [0.15, 0.2) is 42.5 Å². The topological polar surface area (TPSA) is 53.8 Å². The number of ether oxygens (including phenoxy) is 1. The first kappa shape index (κ1) is 15.1. The second-order valence-electron chi connectivity index (χ2n) is 5.16. The first-order chi connectivity index (χ1) is 10.1. The summed E-state index contributed by atoms with van der Waals surface area (Å²) >= 11 is 0. The van der Waals surface area contributed by atoms with E-state index in [0.29, 0.717) is 12.4 Å². The van der Waals surface area contributed by atoms with Gasteiger partial charge in [-0.15, -0.1) is 0 Å². The lowest BCUT2D eigenvalue weighted by atomic mass is 10.0. The lowest BCUT2D eigenvalue weighted by molar-refractivity contribution is -0.858. The number of fused-ring (bicyclic) bond motifs is 1. The van der Waals surface area contributed by atoms with E-state index in [1.165, 1.54) is 11.0 Å². The van der Waals surface area contributed by atoms with Crippen LogP contribution in [0.25, 0.3) is 16.8 Å². The third kappa shape index (κ3) is 4.07. The average molecular weight is 285 g/mol. The summed E-state index contributed by atoms with van der Waals surface area (Å²) in [5.74, 6) is -0.529. The second-order valence-corrected chi connectivity index (χ2v) is 5.16. The van der Waals surface area contributed by atoms with Crippen molar-refractivity contribution in [2.75, 3.05) is 27.2 Å². The molecular formula is C17H19NO3. The molecule has 0 amide bonds. The van der Waals surface area contributed by atoms with Gasteiger partial charge in [-0.05, 0) is 29.0 Å². The Balaban J connectivity index is 2.38. The molecule has 2 aromatic rings. The fraction of sp³-hybridized carbons (Fsp3) is 0.235. The third-order valence-electron chi connectivity index (χ3n) is 3.18. The molecule has 0 bridgehead atoms. The Hall–Kier alpha value is -2.33. The molecule has 0 aliphatic heterocycles. The molecule has 4 heteroatoms. The van der Waals surface area contributed by atoms with Gasteiger partial charge in [0, 0.05) is 5.56 Å². The van der Waals surface area contributed by atoms with Crippen LogP contribution in [0.3, 0.4) is 0 Å². The van der Waals surface area contributed by atoms with E-state index in [1.54, 1.807) is 0 Å². The highest BCUT2D eigenvalue weighted by Gasteiger charge is 2.07. The van der Waals surface area contributed by atoms with Crippen LogP contribution in [0.2, 0.25) is 0 Å². The van der Waals surface area contributed by atoms with Crippen molar-refractivity contribution in [2.45, 2.75) is 0 Å². The van der Waals surface area contributed by atoms with Crippen molar-refractivity contribution in [1.82, 2.24) is 0 Å². The highest BCUT2D eigenvalue weighted by Crippen LogP contribution is 2.29. The maximum atomic E-state index is 10.7. The minimum Gasteiger partial charge on any atom is -0.545 e. The Kier molecular flexibility index (Phi) is 4.95. The number of carbonyl (C=O) groups is 1. The molecule has 1 N–H and O–H groups in total. The number of likely N-dealkylation sites (N-methyl/N-ethyl adjacent to an activating group) is 1. The van der Waals surface area contributed by atoms with Gasteiger partial charge in [0.25, 0.3) is 0 Å². The summed E-state index contributed by atoms with van der Waals surface area (Å²) in [6.45, 7) is 1.45. The molecular weight excluding hydrogens is 266 g/mol. The molecule has 0 aliphatic carbocycles. The number of nitrogens with one attached hydrogen (secondary N) is 1. The highest BCUT2D eigenvalue weighted by atomic mass is 16.5. The lowest BCUT2D eigenvalue weighted by Crippen LogP contribution is -3.06. The van der Waals surface area contributed by atoms with Gasteiger partial charge in [0.1, 0.15) is 18.9 Å². The van der Waals surface area contributed by atoms with E-state index < -0.39 is 5.97 Å². The number of hydrogen-bond acceptors (Lipinski definition) is 3. The minimum atomic E-state index is -1.22. The van der Waals surface area contributed by atoms with E-state index >= 15 is 0 Å². The van der Waals surface area contributed by atoms with Crippen molar-refractivity contribution in [1.29, 1.82) is 0 Å². The molecule has 4 nitrogen and oxygen atoms in total. The molecule has 0 radical (unpaired) electrons. The summed E-state index contributed by atoms with van der Waals surface area (Å²) in [6, 6.07) is 11.7. The number of quaternary nitrogens is 1. The first-order valence-electron chi connectivity index (χ1n) is 6.90. The van der Waals surface area contributed by atoms with Crippen molar-refractivity contribution in [3.05, 3.63) is 48.0 Å². The molecule has 0 aromatic heterocycles. The zero-order valence-corrected chi connectivity index (χ0v) is 12.3. The van der Waals surface area contributed by atoms with E-state index in [0.717, 1.165) is 29.0 Å². The number of hydrogen-bond donors (Lipinski definition) is 1. The van der Waals surface area contributed by atoms with E-state index in [4.69, 9.17) is 4.74 Å². The summed E-state index contributed by atoms with van der Waals surface area (Å²) in [5, 5.41) is 12.7. The Morgan fingerprint density at radius 2 is 2.00 bits per heavy atom. The van der Waals surface area contributed by atoms with E-state index in [-0.39, 0.29) is 0 Å². The number of carboxylic acid groups (broad SMARTS) is 1. The van der Waals surface area contributed by atoms with Crippen LogP contribution in [-0.4, -0.2) is 33.2 Å². The van der Waals surface area contributed by atoms with Crippen molar-refractivity contribution in [2.24, 2.45) is 0 Å². The predicted molar refractivity (Wildman–Crippen MR) is 81.2 cm³/mol. The quantitative estimate of drug-likeness (QED) is 0.767. The first-order valence-corrected chi connectivity index (χ1v) is 6.90. The summed E-state index contributed by atoms with van der Waals surface area (Å²) in [7, 11) is 4.11. The Labute approximate surface area is 124 Å². The van der Waals surface area contributed by atoms with Gasteiger partial charge in [0.2, 0.25) is 0 Å². The number of benzene rings is 2. The van der Waals surface area contributed by atoms with Crippen molar-refractivity contribution < 1.29 is 19.5 Å². The maximum absolute atomic E-state index is 10.7. The van der Waals surface area contributed by atoms with E-state index in [1.807, 2.05) is 36.4 Å². The van der Waals surface area contributed by atoms with Crippen LogP contribution in [0.1, 0.15) is 5.56 Å². The summed E-state index contributed by atoms with van der Waals surface area (Å²) in [6.07, 6.45) is 2.57. The van der Waals surface area contributed by atoms with Gasteiger partial charge in [0.05, 0.1) is 20.1 Å². The van der Waals surface area contributed by atoms with Crippen molar-refractivity contribution in [3.8, 4) is 5.75 Å². The molecule has 2 rings (SSSR count). The molecule has 0 saturated heterocycles. The normalized spacial score (nSPS) is 11.4. The molecule has 0 heterocycles. The minimum absolute atomic E-state index is 0.576. The van der Waals surface area contributed by atoms with Gasteiger partial charge in [-0.1, -0.05) is 30.3 Å². The Morgan fingerprint density at radius 1 is 1.24 bits per heavy atom. The molecule has 0 unspecified atom stereocenters. The maximum Gasteiger partial charge on any atom is 0.137 e. The third-order valence-corrected chi connectivity index (χ3v) is 3.18. The number of rotatable bonds is 6. The van der Waals surface area contributed by atoms with Gasteiger partial charge in [-0.3, -0.25) is 0 Å². The smallest absolute Gasteiger partial charge is 0.137 e. The van der Waals surface area contributed by atoms with Crippen LogP contribution in [0.4, 0.5) is 0 Å². The van der Waals surface area contributed by atoms with Gasteiger partial charge >= 0.3 is 0 Å². The summed E-state index contributed by atoms with van der Waals surface area (Å²) in [5.41, 5.74) is 0.769. The standard InChI is InChI=1S/C17H19NO3/c1-18(2)11-12-21-16-9-7-13-5-3-4-6-14(13)15(16)8-10-17(19)20/h3-10H,11-12H2,1-2H3,(H,19,20)/b10-8+. The van der Waals surface area contributed by atoms with Gasteiger partial charge in [0.15, 0.2) is 0 Å². The second kappa shape index (κ2) is 6.90. The zero-order valence-electron chi connectivity index (χ0n) is 12.3. The Bertz CT molecular complexity index is 662. The number of carbonyl (C=O) groups excluding carboxylic acids is 1. The Morgan fingerprint density at radius 3 is 2.71 bits per heavy atom. The average Bonchev–Trinajstić information content (AvgIpc) is 2.45. The largest absolute Gasteiger partial charge is 0.545 e. The fourth-order valence-corrected chi connectivity index (χ4v) is 2.09. The molecule has 0 aliphatic rings. The van der Waals surface area contributed by atoms with Crippen molar-refractivity contribution in [3.63, 3.8) is 0 Å². The van der Waals surface area contributed by atoms with Crippen LogP contribution in [-0.2, 0) is 4.79 Å². The van der Waals surface area contributed by atoms with E-state index in [9.17, 15) is 9.90 Å². The fourth-order valence-electron chi connectivity index (χ4n) is 2.09. The number of aliphatic carboxylic acids is 1. The molecule has 0 fully saturated rings. The molecule has 110 valence electrons. The van der Waals surface area contributed by atoms with Crippen LogP contribution in [0.5, 0.6) is 5.75 Å². The molecule has 0 spiro atoms. The van der Waals surface area contributed by atoms with Gasteiger partial charge in [-0.2, -0.15) is 0 Å². The highest BCUT2D eigenvalue weighted by molar-refractivity contribution is 5.96. The summed E-state index contributed by atoms with van der Waals surface area (Å²) < 4.78 is 5.80. The monoisotopic (exact) mass is 285 g/mol. The molecule has 2 aromatic carbocycles. The van der Waals surface area contributed by atoms with Crippen molar-refractivity contribution >= 4 is 22.8 Å². The molecule has 0 atom stereocenters. The summed E-state index contributed by atoms with van der Waals surface area (Å²) in [4.78, 5) is 12.0. The van der Waals surface area contributed by atoms with Gasteiger partial charge in [-0.25, -0.2) is 0 Å². The van der Waals surface area contributed by atoms with Crippen LogP contribution < -0.4 is 14.7 Å².